The molecule has 0 unspecified atom stereocenters. The zero-order valence-corrected chi connectivity index (χ0v) is 11.3. The lowest BCUT2D eigenvalue weighted by molar-refractivity contribution is -0.131. The Morgan fingerprint density at radius 2 is 2.37 bits per heavy atom. The van der Waals surface area contributed by atoms with Gasteiger partial charge >= 0.3 is 0 Å². The lowest BCUT2D eigenvalue weighted by atomic mass is 9.87. The van der Waals surface area contributed by atoms with Gasteiger partial charge in [-0.25, -0.2) is 4.98 Å². The number of hydrogen-bond donors (Lipinski definition) is 2. The molecule has 0 saturated carbocycles. The van der Waals surface area contributed by atoms with Crippen molar-refractivity contribution in [3.8, 4) is 5.75 Å². The number of aromatic hydroxyl groups is 1. The van der Waals surface area contributed by atoms with Gasteiger partial charge < -0.3 is 15.2 Å². The van der Waals surface area contributed by atoms with Crippen molar-refractivity contribution in [1.82, 2.24) is 4.98 Å². The average Bonchev–Trinajstić information content (AvgIpc) is 2.41. The number of carbonyl (C=O) groups is 1. The number of aromatic nitrogens is 1. The number of anilines is 1. The quantitative estimate of drug-likeness (QED) is 0.877. The van der Waals surface area contributed by atoms with Gasteiger partial charge in [-0.3, -0.25) is 4.79 Å². The fraction of sp³-hybridized carbons (Fsp3) is 0.571. The minimum Gasteiger partial charge on any atom is -0.504 e. The molecule has 2 heterocycles. The molecule has 1 aliphatic heterocycles. The Morgan fingerprint density at radius 3 is 3.05 bits per heavy atom. The zero-order chi connectivity index (χ0) is 13.8. The Balaban J connectivity index is 2.08. The van der Waals surface area contributed by atoms with Crippen molar-refractivity contribution < 1.29 is 14.6 Å². The summed E-state index contributed by atoms with van der Waals surface area (Å²) in [6, 6.07) is 3.12. The molecule has 1 aliphatic rings. The molecule has 0 aliphatic carbocycles. The molecule has 0 radical (unpaired) electrons. The summed E-state index contributed by atoms with van der Waals surface area (Å²) in [4.78, 5) is 16.3. The van der Waals surface area contributed by atoms with Gasteiger partial charge in [0.25, 0.3) is 0 Å². The molecule has 2 atom stereocenters. The Kier molecular flexibility index (Phi) is 4.37. The van der Waals surface area contributed by atoms with Crippen molar-refractivity contribution in [3.63, 3.8) is 0 Å². The number of nitrogens with one attached hydrogen (secondary N) is 1. The normalized spacial score (nSPS) is 23.3. The highest BCUT2D eigenvalue weighted by molar-refractivity contribution is 5.93. The van der Waals surface area contributed by atoms with Crippen LogP contribution in [0.2, 0.25) is 0 Å². The van der Waals surface area contributed by atoms with Gasteiger partial charge in [0.2, 0.25) is 5.91 Å². The molecular weight excluding hydrogens is 244 g/mol. The summed E-state index contributed by atoms with van der Waals surface area (Å²) < 4.78 is 5.70. The zero-order valence-electron chi connectivity index (χ0n) is 11.3. The Morgan fingerprint density at radius 1 is 1.58 bits per heavy atom. The molecule has 1 saturated heterocycles. The maximum atomic E-state index is 12.3. The van der Waals surface area contributed by atoms with Gasteiger partial charge in [-0.05, 0) is 30.9 Å². The third-order valence-corrected chi connectivity index (χ3v) is 3.39. The smallest absolute Gasteiger partial charge is 0.231 e. The van der Waals surface area contributed by atoms with Gasteiger partial charge in [-0.15, -0.1) is 0 Å². The van der Waals surface area contributed by atoms with Crippen molar-refractivity contribution in [1.29, 1.82) is 0 Å². The van der Waals surface area contributed by atoms with Crippen LogP contribution in [0.25, 0.3) is 0 Å². The molecule has 5 nitrogen and oxygen atoms in total. The van der Waals surface area contributed by atoms with Gasteiger partial charge in [0, 0.05) is 12.8 Å². The van der Waals surface area contributed by atoms with Crippen molar-refractivity contribution in [3.05, 3.63) is 18.3 Å². The second-order valence-electron chi connectivity index (χ2n) is 5.19. The Hall–Kier alpha value is -1.62. The first-order valence-electron chi connectivity index (χ1n) is 6.66. The predicted molar refractivity (Wildman–Crippen MR) is 71.8 cm³/mol. The molecule has 2 rings (SSSR count). The number of hydrogen-bond acceptors (Lipinski definition) is 4. The van der Waals surface area contributed by atoms with E-state index in [-0.39, 0.29) is 35.4 Å². The standard InChI is InChI=1S/C14H20N2O3/c1-9(2)12-10(5-4-8-19-12)14(18)16-13-11(17)6-3-7-15-13/h3,6-7,9-10,12,17H,4-5,8H2,1-2H3,(H,15,16,18)/t10-,12-/m1/s1. The highest BCUT2D eigenvalue weighted by Crippen LogP contribution is 2.28. The van der Waals surface area contributed by atoms with E-state index in [1.165, 1.54) is 12.3 Å². The molecule has 1 amide bonds. The highest BCUT2D eigenvalue weighted by Gasteiger charge is 2.34. The van der Waals surface area contributed by atoms with E-state index in [4.69, 9.17) is 4.74 Å². The predicted octanol–water partition coefficient (Wildman–Crippen LogP) is 2.18. The van der Waals surface area contributed by atoms with Gasteiger partial charge in [0.05, 0.1) is 12.0 Å². The van der Waals surface area contributed by atoms with Crippen LogP contribution in [-0.4, -0.2) is 28.7 Å². The number of carbonyl (C=O) groups excluding carboxylic acids is 1. The fourth-order valence-electron chi connectivity index (χ4n) is 2.44. The first kappa shape index (κ1) is 13.8. The summed E-state index contributed by atoms with van der Waals surface area (Å²) in [5.74, 6) is 0.158. The molecule has 1 aromatic heterocycles. The van der Waals surface area contributed by atoms with E-state index in [1.54, 1.807) is 6.07 Å². The number of amides is 1. The molecule has 1 fully saturated rings. The topological polar surface area (TPSA) is 71.5 Å². The second-order valence-corrected chi connectivity index (χ2v) is 5.19. The molecule has 0 spiro atoms. The molecular formula is C14H20N2O3. The Bertz CT molecular complexity index is 448. The lowest BCUT2D eigenvalue weighted by Gasteiger charge is -2.33. The molecule has 1 aromatic rings. The summed E-state index contributed by atoms with van der Waals surface area (Å²) in [6.07, 6.45) is 3.16. The highest BCUT2D eigenvalue weighted by atomic mass is 16.5. The molecule has 2 N–H and O–H groups in total. The summed E-state index contributed by atoms with van der Waals surface area (Å²) in [5, 5.41) is 12.3. The van der Waals surface area contributed by atoms with Crippen LogP contribution in [0.3, 0.4) is 0 Å². The minimum atomic E-state index is -0.185. The van der Waals surface area contributed by atoms with E-state index in [9.17, 15) is 9.90 Å². The number of ether oxygens (including phenoxy) is 1. The first-order chi connectivity index (χ1) is 9.09. The average molecular weight is 264 g/mol. The third-order valence-electron chi connectivity index (χ3n) is 3.39. The summed E-state index contributed by atoms with van der Waals surface area (Å²) in [6.45, 7) is 4.81. The number of nitrogens with zero attached hydrogens (tertiary/aromatic N) is 1. The van der Waals surface area contributed by atoms with Crippen molar-refractivity contribution in [2.45, 2.75) is 32.8 Å². The van der Waals surface area contributed by atoms with Crippen LogP contribution in [0.15, 0.2) is 18.3 Å². The Labute approximate surface area is 113 Å². The molecule has 5 heteroatoms. The van der Waals surface area contributed by atoms with E-state index in [2.05, 4.69) is 24.1 Å². The second kappa shape index (κ2) is 6.02. The number of pyridine rings is 1. The van der Waals surface area contributed by atoms with Gasteiger partial charge in [-0.1, -0.05) is 13.8 Å². The van der Waals surface area contributed by atoms with Crippen LogP contribution in [0.4, 0.5) is 5.82 Å². The van der Waals surface area contributed by atoms with Crippen LogP contribution < -0.4 is 5.32 Å². The van der Waals surface area contributed by atoms with Gasteiger partial charge in [0.15, 0.2) is 11.6 Å². The summed E-state index contributed by atoms with van der Waals surface area (Å²) >= 11 is 0. The van der Waals surface area contributed by atoms with E-state index in [0.717, 1.165) is 12.8 Å². The van der Waals surface area contributed by atoms with Crippen LogP contribution in [0.1, 0.15) is 26.7 Å². The molecule has 19 heavy (non-hydrogen) atoms. The van der Waals surface area contributed by atoms with Crippen LogP contribution in [0.5, 0.6) is 5.75 Å². The maximum absolute atomic E-state index is 12.3. The van der Waals surface area contributed by atoms with Crippen LogP contribution in [-0.2, 0) is 9.53 Å². The third kappa shape index (κ3) is 3.23. The van der Waals surface area contributed by atoms with E-state index in [1.807, 2.05) is 0 Å². The fourth-order valence-corrected chi connectivity index (χ4v) is 2.44. The maximum Gasteiger partial charge on any atom is 0.231 e. The molecule has 0 bridgehead atoms. The summed E-state index contributed by atoms with van der Waals surface area (Å²) in [5.41, 5.74) is 0. The van der Waals surface area contributed by atoms with Crippen molar-refractivity contribution >= 4 is 11.7 Å². The molecule has 104 valence electrons. The van der Waals surface area contributed by atoms with Crippen molar-refractivity contribution in [2.24, 2.45) is 11.8 Å². The van der Waals surface area contributed by atoms with E-state index < -0.39 is 0 Å². The SMILES string of the molecule is CC(C)[C@H]1OCCC[C@H]1C(=O)Nc1ncccc1O. The van der Waals surface area contributed by atoms with Gasteiger partial charge in [-0.2, -0.15) is 0 Å². The molecule has 0 aromatic carbocycles. The van der Waals surface area contributed by atoms with E-state index >= 15 is 0 Å². The lowest BCUT2D eigenvalue weighted by Crippen LogP contribution is -2.41. The van der Waals surface area contributed by atoms with Crippen molar-refractivity contribution in [2.75, 3.05) is 11.9 Å². The monoisotopic (exact) mass is 264 g/mol. The summed E-state index contributed by atoms with van der Waals surface area (Å²) in [7, 11) is 0. The van der Waals surface area contributed by atoms with Crippen LogP contribution >= 0.6 is 0 Å². The van der Waals surface area contributed by atoms with Crippen LogP contribution in [0, 0.1) is 11.8 Å². The first-order valence-corrected chi connectivity index (χ1v) is 6.66. The largest absolute Gasteiger partial charge is 0.504 e. The van der Waals surface area contributed by atoms with E-state index in [0.29, 0.717) is 6.61 Å². The number of rotatable bonds is 3. The van der Waals surface area contributed by atoms with Gasteiger partial charge in [0.1, 0.15) is 0 Å². The minimum absolute atomic E-state index is 0.0197.